The monoisotopic (exact) mass is 265 g/mol. The van der Waals surface area contributed by atoms with E-state index in [9.17, 15) is 4.79 Å². The number of aromatic nitrogens is 4. The lowest BCUT2D eigenvalue weighted by molar-refractivity contribution is 0.102. The van der Waals surface area contributed by atoms with E-state index in [0.29, 0.717) is 17.8 Å². The van der Waals surface area contributed by atoms with Crippen LogP contribution in [0, 0.1) is 0 Å². The number of amides is 1. The quantitative estimate of drug-likeness (QED) is 0.916. The Morgan fingerprint density at radius 1 is 1.44 bits per heavy atom. The number of carbonyl (C=O) groups excluding carboxylic acids is 1. The van der Waals surface area contributed by atoms with E-state index in [1.807, 2.05) is 6.92 Å². The van der Waals surface area contributed by atoms with Crippen LogP contribution in [0.1, 0.15) is 23.0 Å². The van der Waals surface area contributed by atoms with Gasteiger partial charge in [0, 0.05) is 13.2 Å². The minimum atomic E-state index is -0.253. The highest BCUT2D eigenvalue weighted by atomic mass is 35.5. The normalized spacial score (nSPS) is 10.4. The number of carbonyl (C=O) groups is 1. The maximum Gasteiger partial charge on any atom is 0.260 e. The molecule has 2 aromatic heterocycles. The summed E-state index contributed by atoms with van der Waals surface area (Å²) in [4.78, 5) is 12.0. The van der Waals surface area contributed by atoms with E-state index < -0.39 is 0 Å². The van der Waals surface area contributed by atoms with Crippen LogP contribution in [-0.2, 0) is 13.5 Å². The predicted octanol–water partition coefficient (Wildman–Crippen LogP) is 1.68. The number of anilines is 1. The van der Waals surface area contributed by atoms with Crippen LogP contribution in [0.15, 0.2) is 18.3 Å². The fraction of sp³-hybridized carbons (Fsp3) is 0.273. The molecule has 2 aromatic rings. The zero-order valence-corrected chi connectivity index (χ0v) is 10.8. The fourth-order valence-corrected chi connectivity index (χ4v) is 1.65. The number of halogens is 1. The van der Waals surface area contributed by atoms with Gasteiger partial charge in [-0.05, 0) is 18.6 Å². The summed E-state index contributed by atoms with van der Waals surface area (Å²) in [5.41, 5.74) is 1.29. The molecule has 0 saturated carbocycles. The van der Waals surface area contributed by atoms with Gasteiger partial charge in [-0.1, -0.05) is 18.5 Å². The summed E-state index contributed by atoms with van der Waals surface area (Å²) < 4.78 is 1.61. The van der Waals surface area contributed by atoms with Crippen molar-refractivity contribution in [3.63, 3.8) is 0 Å². The number of rotatable bonds is 3. The standard InChI is InChI=1S/C11H12ClN5O/c1-3-8-7(6-17(2)16-8)11(18)13-10-5-4-9(12)14-15-10/h4-6H,3H2,1-2H3,(H,13,15,18). The third kappa shape index (κ3) is 2.65. The molecule has 94 valence electrons. The largest absolute Gasteiger partial charge is 0.305 e. The Kier molecular flexibility index (Phi) is 3.57. The van der Waals surface area contributed by atoms with Crippen molar-refractivity contribution in [2.75, 3.05) is 5.32 Å². The van der Waals surface area contributed by atoms with Gasteiger partial charge in [-0.15, -0.1) is 10.2 Å². The second-order valence-electron chi connectivity index (χ2n) is 3.71. The minimum absolute atomic E-state index is 0.253. The molecule has 2 heterocycles. The number of nitrogens with zero attached hydrogens (tertiary/aromatic N) is 4. The fourth-order valence-electron chi connectivity index (χ4n) is 1.55. The third-order valence-electron chi connectivity index (χ3n) is 2.36. The first kappa shape index (κ1) is 12.5. The van der Waals surface area contributed by atoms with Crippen LogP contribution in [0.25, 0.3) is 0 Å². The molecule has 6 nitrogen and oxygen atoms in total. The highest BCUT2D eigenvalue weighted by Crippen LogP contribution is 2.11. The highest BCUT2D eigenvalue weighted by Gasteiger charge is 2.14. The van der Waals surface area contributed by atoms with E-state index in [1.54, 1.807) is 30.1 Å². The van der Waals surface area contributed by atoms with Gasteiger partial charge in [0.15, 0.2) is 11.0 Å². The van der Waals surface area contributed by atoms with Gasteiger partial charge >= 0.3 is 0 Å². The summed E-state index contributed by atoms with van der Waals surface area (Å²) in [7, 11) is 1.78. The molecular weight excluding hydrogens is 254 g/mol. The molecule has 0 aliphatic heterocycles. The molecule has 2 rings (SSSR count). The summed E-state index contributed by atoms with van der Waals surface area (Å²) in [5.74, 6) is 0.104. The Morgan fingerprint density at radius 3 is 2.83 bits per heavy atom. The van der Waals surface area contributed by atoms with Gasteiger partial charge in [0.2, 0.25) is 0 Å². The molecule has 18 heavy (non-hydrogen) atoms. The molecule has 7 heteroatoms. The lowest BCUT2D eigenvalue weighted by Crippen LogP contribution is -2.14. The van der Waals surface area contributed by atoms with E-state index in [-0.39, 0.29) is 11.1 Å². The molecule has 0 bridgehead atoms. The molecular formula is C11H12ClN5O. The Balaban J connectivity index is 2.19. The van der Waals surface area contributed by atoms with E-state index in [2.05, 4.69) is 20.6 Å². The second-order valence-corrected chi connectivity index (χ2v) is 4.10. The zero-order valence-electron chi connectivity index (χ0n) is 10.0. The van der Waals surface area contributed by atoms with E-state index >= 15 is 0 Å². The summed E-state index contributed by atoms with van der Waals surface area (Å²) in [5, 5.41) is 14.6. The van der Waals surface area contributed by atoms with Gasteiger partial charge < -0.3 is 5.32 Å². The van der Waals surface area contributed by atoms with Crippen LogP contribution in [0.4, 0.5) is 5.82 Å². The van der Waals surface area contributed by atoms with Gasteiger partial charge in [-0.2, -0.15) is 5.10 Å². The van der Waals surface area contributed by atoms with Gasteiger partial charge in [0.1, 0.15) is 0 Å². The van der Waals surface area contributed by atoms with Crippen molar-refractivity contribution in [2.24, 2.45) is 7.05 Å². The molecule has 0 radical (unpaired) electrons. The van der Waals surface area contributed by atoms with Crippen LogP contribution < -0.4 is 5.32 Å². The van der Waals surface area contributed by atoms with Gasteiger partial charge in [0.05, 0.1) is 11.3 Å². The molecule has 0 saturated heterocycles. The van der Waals surface area contributed by atoms with Crippen molar-refractivity contribution in [2.45, 2.75) is 13.3 Å². The minimum Gasteiger partial charge on any atom is -0.305 e. The average Bonchev–Trinajstić information content (AvgIpc) is 2.73. The lowest BCUT2D eigenvalue weighted by atomic mass is 10.2. The smallest absolute Gasteiger partial charge is 0.260 e. The first-order valence-electron chi connectivity index (χ1n) is 5.43. The van der Waals surface area contributed by atoms with Crippen molar-refractivity contribution in [1.29, 1.82) is 0 Å². The summed E-state index contributed by atoms with van der Waals surface area (Å²) in [6, 6.07) is 3.16. The Morgan fingerprint density at radius 2 is 2.22 bits per heavy atom. The van der Waals surface area contributed by atoms with Crippen molar-refractivity contribution in [3.8, 4) is 0 Å². The molecule has 0 aliphatic rings. The van der Waals surface area contributed by atoms with Gasteiger partial charge in [-0.3, -0.25) is 9.48 Å². The molecule has 0 aromatic carbocycles. The van der Waals surface area contributed by atoms with Crippen LogP contribution in [0.3, 0.4) is 0 Å². The molecule has 1 N–H and O–H groups in total. The van der Waals surface area contributed by atoms with Gasteiger partial charge in [-0.25, -0.2) is 0 Å². The molecule has 0 aliphatic carbocycles. The van der Waals surface area contributed by atoms with E-state index in [4.69, 9.17) is 11.6 Å². The molecule has 0 spiro atoms. The van der Waals surface area contributed by atoms with Gasteiger partial charge in [0.25, 0.3) is 5.91 Å². The van der Waals surface area contributed by atoms with Crippen LogP contribution in [0.2, 0.25) is 5.15 Å². The molecule has 0 atom stereocenters. The summed E-state index contributed by atoms with van der Waals surface area (Å²) in [6.07, 6.45) is 2.37. The van der Waals surface area contributed by atoms with Crippen LogP contribution >= 0.6 is 11.6 Å². The average molecular weight is 266 g/mol. The SMILES string of the molecule is CCc1nn(C)cc1C(=O)Nc1ccc(Cl)nn1. The van der Waals surface area contributed by atoms with Crippen molar-refractivity contribution in [1.82, 2.24) is 20.0 Å². The zero-order chi connectivity index (χ0) is 13.1. The Bertz CT molecular complexity index is 563. The highest BCUT2D eigenvalue weighted by molar-refractivity contribution is 6.29. The van der Waals surface area contributed by atoms with Crippen molar-refractivity contribution < 1.29 is 4.79 Å². The topological polar surface area (TPSA) is 72.7 Å². The van der Waals surface area contributed by atoms with E-state index in [1.165, 1.54) is 0 Å². The Labute approximate surface area is 109 Å². The van der Waals surface area contributed by atoms with E-state index in [0.717, 1.165) is 5.69 Å². The Hall–Kier alpha value is -1.95. The number of hydrogen-bond acceptors (Lipinski definition) is 4. The number of hydrogen-bond donors (Lipinski definition) is 1. The molecule has 1 amide bonds. The summed E-state index contributed by atoms with van der Waals surface area (Å²) in [6.45, 7) is 1.95. The second kappa shape index (κ2) is 5.14. The molecule has 0 unspecified atom stereocenters. The maximum absolute atomic E-state index is 12.0. The maximum atomic E-state index is 12.0. The third-order valence-corrected chi connectivity index (χ3v) is 2.56. The lowest BCUT2D eigenvalue weighted by Gasteiger charge is -2.02. The van der Waals surface area contributed by atoms with Crippen LogP contribution in [0.5, 0.6) is 0 Å². The predicted molar refractivity (Wildman–Crippen MR) is 67.6 cm³/mol. The number of nitrogens with one attached hydrogen (secondary N) is 1. The first-order valence-corrected chi connectivity index (χ1v) is 5.81. The van der Waals surface area contributed by atoms with Crippen LogP contribution in [-0.4, -0.2) is 25.9 Å². The first-order chi connectivity index (χ1) is 8.60. The van der Waals surface area contributed by atoms with Crippen molar-refractivity contribution >= 4 is 23.3 Å². The molecule has 0 fully saturated rings. The van der Waals surface area contributed by atoms with Crippen molar-refractivity contribution in [3.05, 3.63) is 34.7 Å². The number of aryl methyl sites for hydroxylation is 2. The summed E-state index contributed by atoms with van der Waals surface area (Å²) >= 11 is 5.62.